The van der Waals surface area contributed by atoms with E-state index in [1.165, 1.54) is 0 Å². The smallest absolute Gasteiger partial charge is 0.326 e. The molecule has 4 rings (SSSR count). The van der Waals surface area contributed by atoms with Crippen LogP contribution in [0.5, 0.6) is 0 Å². The Kier molecular flexibility index (Phi) is 28.5. The zero-order valence-corrected chi connectivity index (χ0v) is 46.8. The highest BCUT2D eigenvalue weighted by Crippen LogP contribution is 2.13. The summed E-state index contributed by atoms with van der Waals surface area (Å²) in [5.41, 5.74) is 30.4. The predicted molar refractivity (Wildman–Crippen MR) is 313 cm³/mol. The molecule has 7 amide bonds. The molecule has 0 aliphatic carbocycles. The van der Waals surface area contributed by atoms with Gasteiger partial charge in [-0.05, 0) is 67.2 Å². The maximum atomic E-state index is 14.7. The summed E-state index contributed by atoms with van der Waals surface area (Å²) >= 11 is 0. The number of benzene rings is 4. The van der Waals surface area contributed by atoms with E-state index in [0.29, 0.717) is 22.3 Å². The molecule has 0 heterocycles. The van der Waals surface area contributed by atoms with Crippen molar-refractivity contribution >= 4 is 71.2 Å². The average molecular weight is 1180 g/mol. The van der Waals surface area contributed by atoms with Crippen LogP contribution in [-0.4, -0.2) is 148 Å². The minimum atomic E-state index is -1.71. The highest BCUT2D eigenvalue weighted by molar-refractivity contribution is 5.98. The van der Waals surface area contributed by atoms with Crippen molar-refractivity contribution < 1.29 is 63.3 Å². The van der Waals surface area contributed by atoms with Gasteiger partial charge in [0.1, 0.15) is 42.3 Å². The second-order valence-electron chi connectivity index (χ2n) is 19.9. The number of hydrogen-bond donors (Lipinski definition) is 15. The second-order valence-corrected chi connectivity index (χ2v) is 19.9. The Morgan fingerprint density at radius 3 is 0.918 bits per heavy atom. The van der Waals surface area contributed by atoms with Gasteiger partial charge in [-0.15, -0.1) is 0 Å². The number of carboxylic acid groups (broad SMARTS) is 3. The van der Waals surface area contributed by atoms with Gasteiger partial charge in [-0.2, -0.15) is 0 Å². The van der Waals surface area contributed by atoms with Crippen molar-refractivity contribution in [2.24, 2.45) is 38.7 Å². The summed E-state index contributed by atoms with van der Waals surface area (Å²) in [7, 11) is 0. The molecule has 0 radical (unpaired) electrons. The standard InChI is InChI=1S/C58H76N14O13/c59-39(31-35-15-5-1-6-16-35)49(77)66-41(25-27-47(73)74)51(79)71-45(33-37-19-9-3-10-20-37)54(82)68-42(26-28-48(75)76)52(80)72-44(32-36-17-7-2-8-18-36)53(81)67-40(23-13-29-64-57(60)61)50(78)70-46(34-38-21-11-4-12-22-38)55(83)69-43(56(84)85)24-14-30-65-58(62)63/h1-12,15-22,39-46H,13-14,23-34,59H2,(H,66,77)(H,67,81)(H,68,82)(H,69,83)(H,70,78)(H,71,79)(H,72,80)(H,73,74)(H,75,76)(H,84,85)(H4,60,61,64)(H4,62,63,65)/t39-,40-,41-,42-,43-,44-,45-,46-/m0/s1. The fourth-order valence-electron chi connectivity index (χ4n) is 8.66. The second kappa shape index (κ2) is 35.8. The van der Waals surface area contributed by atoms with E-state index in [4.69, 9.17) is 28.7 Å². The monoisotopic (exact) mass is 1180 g/mol. The third-order valence-corrected chi connectivity index (χ3v) is 13.1. The molecular weight excluding hydrogens is 1100 g/mol. The number of nitrogens with zero attached hydrogens (tertiary/aromatic N) is 2. The molecule has 27 nitrogen and oxygen atoms in total. The predicted octanol–water partition coefficient (Wildman–Crippen LogP) is -1.40. The van der Waals surface area contributed by atoms with Crippen LogP contribution in [-0.2, 0) is 73.6 Å². The average Bonchev–Trinajstić information content (AvgIpc) is 3.60. The van der Waals surface area contributed by atoms with Crippen LogP contribution in [0.25, 0.3) is 0 Å². The lowest BCUT2D eigenvalue weighted by Gasteiger charge is -2.28. The first-order chi connectivity index (χ1) is 40.6. The van der Waals surface area contributed by atoms with E-state index >= 15 is 0 Å². The third kappa shape index (κ3) is 25.8. The van der Waals surface area contributed by atoms with E-state index in [9.17, 15) is 63.3 Å². The molecule has 0 fully saturated rings. The summed E-state index contributed by atoms with van der Waals surface area (Å²) in [6, 6.07) is 22.0. The number of rotatable bonds is 37. The number of hydrogen-bond acceptors (Lipinski definition) is 13. The van der Waals surface area contributed by atoms with Gasteiger partial charge in [0.15, 0.2) is 11.9 Å². The topological polar surface area (TPSA) is 470 Å². The number of amides is 7. The van der Waals surface area contributed by atoms with Crippen LogP contribution in [0.15, 0.2) is 131 Å². The van der Waals surface area contributed by atoms with Gasteiger partial charge < -0.3 is 81.2 Å². The fourth-order valence-corrected chi connectivity index (χ4v) is 8.66. The quantitative estimate of drug-likeness (QED) is 0.0140. The third-order valence-electron chi connectivity index (χ3n) is 13.1. The highest BCUT2D eigenvalue weighted by Gasteiger charge is 2.35. The first-order valence-corrected chi connectivity index (χ1v) is 27.4. The first kappa shape index (κ1) is 67.6. The number of carbonyl (C=O) groups is 10. The summed E-state index contributed by atoms with van der Waals surface area (Å²) in [5, 5.41) is 47.4. The molecule has 456 valence electrons. The van der Waals surface area contributed by atoms with Crippen LogP contribution < -0.4 is 65.9 Å². The van der Waals surface area contributed by atoms with Crippen molar-refractivity contribution in [2.45, 2.75) is 125 Å². The molecule has 0 aromatic heterocycles. The van der Waals surface area contributed by atoms with Crippen LogP contribution in [0.2, 0.25) is 0 Å². The van der Waals surface area contributed by atoms with Crippen molar-refractivity contribution in [2.75, 3.05) is 13.1 Å². The van der Waals surface area contributed by atoms with E-state index in [1.807, 2.05) is 0 Å². The maximum Gasteiger partial charge on any atom is 0.326 e. The molecule has 0 spiro atoms. The van der Waals surface area contributed by atoms with E-state index < -0.39 is 133 Å². The Hall–Kier alpha value is -9.92. The largest absolute Gasteiger partial charge is 0.481 e. The Morgan fingerprint density at radius 1 is 0.353 bits per heavy atom. The van der Waals surface area contributed by atoms with Crippen LogP contribution >= 0.6 is 0 Å². The van der Waals surface area contributed by atoms with Crippen molar-refractivity contribution in [3.05, 3.63) is 144 Å². The zero-order valence-electron chi connectivity index (χ0n) is 46.8. The van der Waals surface area contributed by atoms with Crippen molar-refractivity contribution in [3.63, 3.8) is 0 Å². The number of nitrogens with two attached hydrogens (primary N) is 5. The van der Waals surface area contributed by atoms with E-state index in [0.717, 1.165) is 0 Å². The molecule has 8 atom stereocenters. The SMILES string of the molecule is NC(N)=NCCC[C@H](NC(=O)[C@H](Cc1ccccc1)NC(=O)[C@H](CCCN=C(N)N)NC(=O)[C@H](Cc1ccccc1)NC(=O)[C@H](CCC(=O)O)NC(=O)[C@H](Cc1ccccc1)NC(=O)[C@H](CCC(=O)O)NC(=O)[C@@H](N)Cc1ccccc1)C(=O)O. The van der Waals surface area contributed by atoms with Gasteiger partial charge in [-0.1, -0.05) is 121 Å². The molecule has 0 saturated carbocycles. The fraction of sp³-hybridized carbons (Fsp3) is 0.379. The van der Waals surface area contributed by atoms with Gasteiger partial charge in [0.05, 0.1) is 6.04 Å². The van der Waals surface area contributed by atoms with Crippen molar-refractivity contribution in [3.8, 4) is 0 Å². The van der Waals surface area contributed by atoms with E-state index in [1.54, 1.807) is 121 Å². The molecule has 4 aromatic carbocycles. The number of nitrogens with one attached hydrogen (secondary N) is 7. The molecule has 0 saturated heterocycles. The summed E-state index contributed by atoms with van der Waals surface area (Å²) in [6.45, 7) is 0.0540. The summed E-state index contributed by atoms with van der Waals surface area (Å²) in [4.78, 5) is 144. The molecule has 85 heavy (non-hydrogen) atoms. The first-order valence-electron chi connectivity index (χ1n) is 27.4. The molecular formula is C58H76N14O13. The van der Waals surface area contributed by atoms with Crippen molar-refractivity contribution in [1.29, 1.82) is 0 Å². The highest BCUT2D eigenvalue weighted by atomic mass is 16.4. The minimum Gasteiger partial charge on any atom is -0.481 e. The molecule has 0 aliphatic heterocycles. The van der Waals surface area contributed by atoms with Crippen LogP contribution in [0.3, 0.4) is 0 Å². The number of aliphatic carboxylic acids is 3. The van der Waals surface area contributed by atoms with E-state index in [-0.39, 0.29) is 76.4 Å². The number of guanidine groups is 2. The molecule has 20 N–H and O–H groups in total. The van der Waals surface area contributed by atoms with Gasteiger partial charge >= 0.3 is 17.9 Å². The molecule has 4 aromatic rings. The Balaban J connectivity index is 1.66. The normalized spacial score (nSPS) is 13.6. The number of carbonyl (C=O) groups excluding carboxylic acids is 7. The number of aliphatic imine (C=N–C) groups is 2. The number of carboxylic acids is 3. The molecule has 27 heteroatoms. The summed E-state index contributed by atoms with van der Waals surface area (Å²) in [6.07, 6.45) is -2.74. The van der Waals surface area contributed by atoms with Crippen LogP contribution in [0.1, 0.15) is 73.6 Å². The van der Waals surface area contributed by atoms with Gasteiger partial charge in [-0.25, -0.2) is 4.79 Å². The summed E-state index contributed by atoms with van der Waals surface area (Å²) < 4.78 is 0. The van der Waals surface area contributed by atoms with Crippen molar-refractivity contribution in [1.82, 2.24) is 37.2 Å². The van der Waals surface area contributed by atoms with Gasteiger partial charge in [0.2, 0.25) is 41.4 Å². The molecule has 0 bridgehead atoms. The van der Waals surface area contributed by atoms with Crippen LogP contribution in [0.4, 0.5) is 0 Å². The lowest BCUT2D eigenvalue weighted by Crippen LogP contribution is -2.61. The van der Waals surface area contributed by atoms with E-state index in [2.05, 4.69) is 47.2 Å². The lowest BCUT2D eigenvalue weighted by atomic mass is 10.0. The summed E-state index contributed by atoms with van der Waals surface area (Å²) in [5.74, 6) is -11.1. The Bertz CT molecular complexity index is 2910. The Labute approximate surface area is 490 Å². The Morgan fingerprint density at radius 2 is 0.612 bits per heavy atom. The maximum absolute atomic E-state index is 14.7. The van der Waals surface area contributed by atoms with Gasteiger partial charge in [0.25, 0.3) is 0 Å². The molecule has 0 unspecified atom stereocenters. The molecule has 0 aliphatic rings. The van der Waals surface area contributed by atoms with Gasteiger partial charge in [-0.3, -0.25) is 53.1 Å². The zero-order chi connectivity index (χ0) is 62.3. The lowest BCUT2D eigenvalue weighted by molar-refractivity contribution is -0.142. The van der Waals surface area contributed by atoms with Gasteiger partial charge in [0, 0.05) is 45.2 Å². The van der Waals surface area contributed by atoms with Crippen LogP contribution in [0, 0.1) is 0 Å². The minimum absolute atomic E-state index is 0.0164.